The lowest BCUT2D eigenvalue weighted by atomic mass is 10.1. The summed E-state index contributed by atoms with van der Waals surface area (Å²) in [5.74, 6) is 1.68. The zero-order valence-electron chi connectivity index (χ0n) is 22.5. The predicted octanol–water partition coefficient (Wildman–Crippen LogP) is 4.21. The minimum atomic E-state index is 0.133. The summed E-state index contributed by atoms with van der Waals surface area (Å²) in [6, 6.07) is 8.46. The summed E-state index contributed by atoms with van der Waals surface area (Å²) in [4.78, 5) is 24.5. The fourth-order valence-corrected chi connectivity index (χ4v) is 5.09. The largest absolute Gasteiger partial charge is 0.381 e. The molecule has 0 saturated carbocycles. The number of carbonyl (C=O) groups is 1. The lowest BCUT2D eigenvalue weighted by Crippen LogP contribution is -2.29. The first-order valence-corrected chi connectivity index (χ1v) is 13.9. The number of likely N-dealkylation sites (tertiary alicyclic amines) is 1. The highest BCUT2D eigenvalue weighted by molar-refractivity contribution is 5.91. The SMILES string of the molecule is CC(C)c1cnn2c(NCc3cccc(CC(=O)/C=C/CN4CCCC4)c3)nc(NC3CCOCC3)nc12. The number of ether oxygens (including phenoxy) is 1. The maximum absolute atomic E-state index is 12.5. The molecule has 0 unspecified atom stereocenters. The molecular weight excluding hydrogens is 478 g/mol. The molecule has 0 radical (unpaired) electrons. The van der Waals surface area contributed by atoms with Gasteiger partial charge in [0.25, 0.3) is 0 Å². The van der Waals surface area contributed by atoms with Gasteiger partial charge in [0.05, 0.1) is 6.20 Å². The number of fused-ring (bicyclic) bond motifs is 1. The van der Waals surface area contributed by atoms with Gasteiger partial charge in [-0.3, -0.25) is 9.69 Å². The smallest absolute Gasteiger partial charge is 0.229 e. The highest BCUT2D eigenvalue weighted by atomic mass is 16.5. The van der Waals surface area contributed by atoms with Crippen LogP contribution in [0.15, 0.2) is 42.6 Å². The van der Waals surface area contributed by atoms with Crippen LogP contribution < -0.4 is 10.6 Å². The van der Waals surface area contributed by atoms with Gasteiger partial charge in [0.2, 0.25) is 11.9 Å². The minimum Gasteiger partial charge on any atom is -0.381 e. The molecule has 2 aliphatic heterocycles. The number of benzene rings is 1. The molecule has 2 aliphatic rings. The molecule has 2 aromatic heterocycles. The van der Waals surface area contributed by atoms with Gasteiger partial charge in [0, 0.05) is 44.3 Å². The molecule has 1 aromatic carbocycles. The van der Waals surface area contributed by atoms with Crippen LogP contribution in [0.5, 0.6) is 0 Å². The number of nitrogens with zero attached hydrogens (tertiary/aromatic N) is 5. The van der Waals surface area contributed by atoms with Crippen LogP contribution in [-0.4, -0.2) is 69.2 Å². The average Bonchev–Trinajstić information content (AvgIpc) is 3.58. The van der Waals surface area contributed by atoms with Crippen LogP contribution in [0.1, 0.15) is 62.1 Å². The first-order valence-electron chi connectivity index (χ1n) is 13.9. The quantitative estimate of drug-likeness (QED) is 0.365. The molecule has 0 spiro atoms. The molecule has 202 valence electrons. The van der Waals surface area contributed by atoms with Gasteiger partial charge in [0.1, 0.15) is 0 Å². The van der Waals surface area contributed by atoms with Gasteiger partial charge >= 0.3 is 0 Å². The highest BCUT2D eigenvalue weighted by Gasteiger charge is 2.19. The van der Waals surface area contributed by atoms with E-state index in [0.29, 0.717) is 36.8 Å². The Balaban J connectivity index is 1.26. The Labute approximate surface area is 224 Å². The van der Waals surface area contributed by atoms with Crippen LogP contribution in [0.4, 0.5) is 11.9 Å². The van der Waals surface area contributed by atoms with E-state index in [9.17, 15) is 4.79 Å². The van der Waals surface area contributed by atoms with E-state index in [-0.39, 0.29) is 5.78 Å². The molecule has 5 rings (SSSR count). The van der Waals surface area contributed by atoms with Crippen molar-refractivity contribution in [1.29, 1.82) is 0 Å². The third kappa shape index (κ3) is 6.76. The molecule has 38 heavy (non-hydrogen) atoms. The molecule has 0 atom stereocenters. The van der Waals surface area contributed by atoms with Crippen LogP contribution in [0.2, 0.25) is 0 Å². The lowest BCUT2D eigenvalue weighted by Gasteiger charge is -2.23. The fraction of sp³-hybridized carbons (Fsp3) is 0.517. The van der Waals surface area contributed by atoms with Gasteiger partial charge in [-0.1, -0.05) is 44.2 Å². The summed E-state index contributed by atoms with van der Waals surface area (Å²) < 4.78 is 7.28. The van der Waals surface area contributed by atoms with E-state index in [4.69, 9.17) is 14.7 Å². The molecule has 2 saturated heterocycles. The van der Waals surface area contributed by atoms with E-state index in [0.717, 1.165) is 68.0 Å². The number of rotatable bonds is 11. The summed E-state index contributed by atoms with van der Waals surface area (Å²) in [6.45, 7) is 9.49. The van der Waals surface area contributed by atoms with Crippen molar-refractivity contribution in [2.45, 2.75) is 64.5 Å². The second-order valence-electron chi connectivity index (χ2n) is 10.6. The number of hydrogen-bond donors (Lipinski definition) is 2. The number of carbonyl (C=O) groups excluding carboxylic acids is 1. The maximum Gasteiger partial charge on any atom is 0.229 e. The predicted molar refractivity (Wildman–Crippen MR) is 150 cm³/mol. The molecule has 0 aliphatic carbocycles. The van der Waals surface area contributed by atoms with Crippen molar-refractivity contribution in [1.82, 2.24) is 24.5 Å². The number of nitrogens with one attached hydrogen (secondary N) is 2. The Morgan fingerprint density at radius 2 is 1.95 bits per heavy atom. The molecule has 9 heteroatoms. The van der Waals surface area contributed by atoms with E-state index >= 15 is 0 Å². The summed E-state index contributed by atoms with van der Waals surface area (Å²) in [6.07, 6.45) is 10.4. The van der Waals surface area contributed by atoms with Gasteiger partial charge in [-0.05, 0) is 61.9 Å². The minimum absolute atomic E-state index is 0.133. The zero-order chi connectivity index (χ0) is 26.3. The second-order valence-corrected chi connectivity index (χ2v) is 10.6. The first-order chi connectivity index (χ1) is 18.5. The van der Waals surface area contributed by atoms with Gasteiger partial charge in [-0.2, -0.15) is 19.6 Å². The zero-order valence-corrected chi connectivity index (χ0v) is 22.5. The Bertz CT molecular complexity index is 1260. The van der Waals surface area contributed by atoms with E-state index in [1.807, 2.05) is 24.4 Å². The van der Waals surface area contributed by atoms with Crippen LogP contribution in [0.25, 0.3) is 5.65 Å². The van der Waals surface area contributed by atoms with Crippen molar-refractivity contribution in [3.05, 3.63) is 59.3 Å². The van der Waals surface area contributed by atoms with Crippen LogP contribution in [-0.2, 0) is 22.5 Å². The van der Waals surface area contributed by atoms with E-state index < -0.39 is 0 Å². The maximum atomic E-state index is 12.5. The number of hydrogen-bond acceptors (Lipinski definition) is 8. The molecule has 3 aromatic rings. The van der Waals surface area contributed by atoms with Crippen LogP contribution in [0, 0.1) is 0 Å². The number of ketones is 1. The fourth-order valence-electron chi connectivity index (χ4n) is 5.09. The normalized spacial score (nSPS) is 17.1. The van der Waals surface area contributed by atoms with Gasteiger partial charge in [0.15, 0.2) is 11.4 Å². The molecule has 0 bridgehead atoms. The van der Waals surface area contributed by atoms with Crippen LogP contribution in [0.3, 0.4) is 0 Å². The molecule has 2 fully saturated rings. The molecule has 2 N–H and O–H groups in total. The van der Waals surface area contributed by atoms with Crippen molar-refractivity contribution in [2.24, 2.45) is 0 Å². The average molecular weight is 518 g/mol. The van der Waals surface area contributed by atoms with Crippen molar-refractivity contribution in [3.8, 4) is 0 Å². The second kappa shape index (κ2) is 12.5. The van der Waals surface area contributed by atoms with Crippen molar-refractivity contribution in [2.75, 3.05) is 43.5 Å². The molecule has 4 heterocycles. The van der Waals surface area contributed by atoms with Crippen molar-refractivity contribution < 1.29 is 9.53 Å². The van der Waals surface area contributed by atoms with E-state index in [1.54, 1.807) is 10.6 Å². The molecule has 9 nitrogen and oxygen atoms in total. The van der Waals surface area contributed by atoms with E-state index in [1.165, 1.54) is 12.8 Å². The van der Waals surface area contributed by atoms with Gasteiger partial charge in [-0.25, -0.2) is 0 Å². The third-order valence-electron chi connectivity index (χ3n) is 7.26. The topological polar surface area (TPSA) is 96.7 Å². The standard InChI is InChI=1S/C29H39N7O2/c1-21(2)26-20-31-36-27(26)33-28(32-24-10-15-38-16-11-24)34-29(36)30-19-23-8-5-7-22(17-23)18-25(37)9-6-14-35-12-3-4-13-35/h5-9,17,20-21,24H,3-4,10-16,18-19H2,1-2H3,(H2,30,32,33,34)/b9-6+. The number of allylic oxidation sites excluding steroid dienone is 1. The lowest BCUT2D eigenvalue weighted by molar-refractivity contribution is -0.114. The van der Waals surface area contributed by atoms with E-state index in [2.05, 4.69) is 46.6 Å². The third-order valence-corrected chi connectivity index (χ3v) is 7.26. The van der Waals surface area contributed by atoms with Gasteiger partial charge in [-0.15, -0.1) is 0 Å². The first kappa shape index (κ1) is 26.3. The summed E-state index contributed by atoms with van der Waals surface area (Å²) in [5, 5.41) is 11.5. The summed E-state index contributed by atoms with van der Waals surface area (Å²) in [7, 11) is 0. The summed E-state index contributed by atoms with van der Waals surface area (Å²) >= 11 is 0. The Morgan fingerprint density at radius 3 is 2.74 bits per heavy atom. The highest BCUT2D eigenvalue weighted by Crippen LogP contribution is 2.23. The van der Waals surface area contributed by atoms with Gasteiger partial charge < -0.3 is 15.4 Å². The Morgan fingerprint density at radius 1 is 1.16 bits per heavy atom. The van der Waals surface area contributed by atoms with Crippen molar-refractivity contribution in [3.63, 3.8) is 0 Å². The number of anilines is 2. The molecule has 0 amide bonds. The monoisotopic (exact) mass is 517 g/mol. The molecular formula is C29H39N7O2. The Kier molecular flexibility index (Phi) is 8.65. The Hall–Kier alpha value is -3.30. The summed E-state index contributed by atoms with van der Waals surface area (Å²) in [5.41, 5.74) is 3.99. The van der Waals surface area contributed by atoms with Crippen molar-refractivity contribution >= 4 is 23.3 Å². The van der Waals surface area contributed by atoms with Crippen LogP contribution >= 0.6 is 0 Å². The number of aromatic nitrogens is 4.